The van der Waals surface area contributed by atoms with Crippen molar-refractivity contribution in [3.63, 3.8) is 0 Å². The highest BCUT2D eigenvalue weighted by Gasteiger charge is 2.41. The zero-order valence-corrected chi connectivity index (χ0v) is 19.8. The minimum absolute atomic E-state index is 0.158. The van der Waals surface area contributed by atoms with Gasteiger partial charge in [0.25, 0.3) is 0 Å². The molecule has 0 saturated heterocycles. The molecule has 35 heavy (non-hydrogen) atoms. The van der Waals surface area contributed by atoms with Crippen LogP contribution in [0.3, 0.4) is 0 Å². The Morgan fingerprint density at radius 2 is 1.40 bits per heavy atom. The number of H-pyrrole nitrogens is 1. The van der Waals surface area contributed by atoms with Crippen molar-refractivity contribution in [1.29, 1.82) is 0 Å². The number of hydrogen-bond acceptors (Lipinski definition) is 4. The summed E-state index contributed by atoms with van der Waals surface area (Å²) in [4.78, 5) is 29.7. The smallest absolute Gasteiger partial charge is 0.321 e. The fourth-order valence-electron chi connectivity index (χ4n) is 4.25. The number of carbonyl (C=O) groups is 2. The molecule has 5 nitrogen and oxygen atoms in total. The largest absolute Gasteiger partial charge is 0.465 e. The van der Waals surface area contributed by atoms with Crippen LogP contribution in [0.25, 0.3) is 10.9 Å². The van der Waals surface area contributed by atoms with Gasteiger partial charge in [0.05, 0.1) is 13.2 Å². The molecule has 4 aromatic rings. The number of aromatic amines is 1. The van der Waals surface area contributed by atoms with Gasteiger partial charge in [-0.25, -0.2) is 0 Å². The van der Waals surface area contributed by atoms with Crippen LogP contribution in [-0.2, 0) is 19.1 Å². The zero-order chi connectivity index (χ0) is 24.6. The lowest BCUT2D eigenvalue weighted by molar-refractivity contribution is -0.162. The lowest BCUT2D eigenvalue weighted by atomic mass is 9.78. The Labute approximate surface area is 205 Å². The summed E-state index contributed by atoms with van der Waals surface area (Å²) in [5, 5.41) is 0.918. The van der Waals surface area contributed by atoms with E-state index in [2.05, 4.69) is 16.8 Å². The molecule has 5 heteroatoms. The molecule has 0 aliphatic heterocycles. The summed E-state index contributed by atoms with van der Waals surface area (Å²) in [5.41, 5.74) is 4.07. The Balaban J connectivity index is 1.93. The predicted molar refractivity (Wildman–Crippen MR) is 136 cm³/mol. The number of aromatic nitrogens is 1. The van der Waals surface area contributed by atoms with Crippen molar-refractivity contribution >= 4 is 22.8 Å². The number of nitrogens with one attached hydrogen (secondary N) is 1. The average molecular weight is 466 g/mol. The second-order valence-electron chi connectivity index (χ2n) is 7.95. The van der Waals surface area contributed by atoms with Crippen LogP contribution < -0.4 is 0 Å². The fraction of sp³-hybridized carbons (Fsp3) is 0.200. The summed E-state index contributed by atoms with van der Waals surface area (Å²) in [6.45, 7) is 3.76. The summed E-state index contributed by atoms with van der Waals surface area (Å²) in [6, 6.07) is 25.1. The Morgan fingerprint density at radius 1 is 0.771 bits per heavy atom. The summed E-state index contributed by atoms with van der Waals surface area (Å²) in [5.74, 6) is 3.36. The molecule has 0 spiro atoms. The SMILES string of the molecule is CCOC(=O)C(C(=O)OCC)C(c1ccccc1C#Cc1ccccc1)c1c[nH]c2ccccc12. The van der Waals surface area contributed by atoms with Crippen molar-refractivity contribution < 1.29 is 19.1 Å². The number of rotatable bonds is 7. The molecule has 0 aliphatic carbocycles. The molecule has 3 aromatic carbocycles. The summed E-state index contributed by atoms with van der Waals surface area (Å²) in [7, 11) is 0. The molecule has 1 heterocycles. The zero-order valence-electron chi connectivity index (χ0n) is 19.8. The van der Waals surface area contributed by atoms with E-state index in [1.807, 2.05) is 85.1 Å². The maximum absolute atomic E-state index is 13.2. The molecule has 1 aromatic heterocycles. The van der Waals surface area contributed by atoms with Crippen molar-refractivity contribution in [2.24, 2.45) is 5.92 Å². The summed E-state index contributed by atoms with van der Waals surface area (Å²) < 4.78 is 10.7. The van der Waals surface area contributed by atoms with Gasteiger partial charge in [0.15, 0.2) is 5.92 Å². The van der Waals surface area contributed by atoms with E-state index in [0.29, 0.717) is 0 Å². The van der Waals surface area contributed by atoms with Gasteiger partial charge >= 0.3 is 11.9 Å². The van der Waals surface area contributed by atoms with E-state index in [9.17, 15) is 9.59 Å². The average Bonchev–Trinajstić information content (AvgIpc) is 3.31. The number of carbonyl (C=O) groups excluding carboxylic acids is 2. The Hall–Kier alpha value is -4.30. The molecule has 1 atom stereocenters. The third-order valence-electron chi connectivity index (χ3n) is 5.78. The van der Waals surface area contributed by atoms with E-state index in [4.69, 9.17) is 9.47 Å². The maximum atomic E-state index is 13.2. The van der Waals surface area contributed by atoms with Crippen molar-refractivity contribution in [3.8, 4) is 11.8 Å². The van der Waals surface area contributed by atoms with Crippen LogP contribution in [0.1, 0.15) is 42.0 Å². The lowest BCUT2D eigenvalue weighted by Crippen LogP contribution is -2.34. The summed E-state index contributed by atoms with van der Waals surface area (Å²) in [6.07, 6.45) is 1.85. The number of ether oxygens (including phenoxy) is 2. The van der Waals surface area contributed by atoms with Gasteiger partial charge in [-0.15, -0.1) is 0 Å². The first kappa shape index (κ1) is 23.8. The first-order valence-electron chi connectivity index (χ1n) is 11.7. The molecule has 0 amide bonds. The first-order valence-corrected chi connectivity index (χ1v) is 11.7. The van der Waals surface area contributed by atoms with E-state index in [-0.39, 0.29) is 13.2 Å². The molecule has 0 radical (unpaired) electrons. The Kier molecular flexibility index (Phi) is 7.64. The van der Waals surface area contributed by atoms with E-state index in [0.717, 1.165) is 33.2 Å². The van der Waals surface area contributed by atoms with Gasteiger partial charge in [0, 0.05) is 34.1 Å². The number of esters is 2. The van der Waals surface area contributed by atoms with Gasteiger partial charge < -0.3 is 14.5 Å². The summed E-state index contributed by atoms with van der Waals surface area (Å²) >= 11 is 0. The fourth-order valence-corrected chi connectivity index (χ4v) is 4.25. The van der Waals surface area contributed by atoms with Crippen LogP contribution in [0.15, 0.2) is 85.1 Å². The van der Waals surface area contributed by atoms with Crippen molar-refractivity contribution in [2.75, 3.05) is 13.2 Å². The maximum Gasteiger partial charge on any atom is 0.321 e. The molecule has 1 unspecified atom stereocenters. The van der Waals surface area contributed by atoms with Gasteiger partial charge in [-0.05, 0) is 49.2 Å². The Bertz CT molecular complexity index is 1360. The van der Waals surface area contributed by atoms with E-state index < -0.39 is 23.8 Å². The number of hydrogen-bond donors (Lipinski definition) is 1. The van der Waals surface area contributed by atoms with Crippen molar-refractivity contribution in [3.05, 3.63) is 107 Å². The molecule has 176 valence electrons. The van der Waals surface area contributed by atoms with Crippen LogP contribution in [0.4, 0.5) is 0 Å². The van der Waals surface area contributed by atoms with E-state index in [1.165, 1.54) is 0 Å². The molecule has 0 saturated carbocycles. The lowest BCUT2D eigenvalue weighted by Gasteiger charge is -2.25. The number of fused-ring (bicyclic) bond motifs is 1. The predicted octanol–water partition coefficient (Wildman–Crippen LogP) is 5.44. The molecular weight excluding hydrogens is 438 g/mol. The van der Waals surface area contributed by atoms with Gasteiger partial charge in [0.2, 0.25) is 0 Å². The molecular formula is C30H27NO4. The minimum Gasteiger partial charge on any atom is -0.465 e. The molecule has 1 N–H and O–H groups in total. The number of para-hydroxylation sites is 1. The van der Waals surface area contributed by atoms with Gasteiger partial charge in [-0.1, -0.05) is 66.4 Å². The topological polar surface area (TPSA) is 68.4 Å². The standard InChI is InChI=1S/C30H27NO4/c1-3-34-29(32)28(30(33)35-4-2)27(25-20-31-26-17-11-10-16-24(25)26)23-15-9-8-14-22(23)19-18-21-12-6-5-7-13-21/h5-17,20,27-28,31H,3-4H2,1-2H3. The quantitative estimate of drug-likeness (QED) is 0.224. The molecule has 4 rings (SSSR count). The highest BCUT2D eigenvalue weighted by Crippen LogP contribution is 2.39. The second-order valence-corrected chi connectivity index (χ2v) is 7.95. The molecule has 0 aliphatic rings. The second kappa shape index (κ2) is 11.2. The van der Waals surface area contributed by atoms with Crippen molar-refractivity contribution in [1.82, 2.24) is 4.98 Å². The van der Waals surface area contributed by atoms with Gasteiger partial charge in [-0.2, -0.15) is 0 Å². The van der Waals surface area contributed by atoms with E-state index in [1.54, 1.807) is 13.8 Å². The highest BCUT2D eigenvalue weighted by atomic mass is 16.6. The molecule has 0 bridgehead atoms. The first-order chi connectivity index (χ1) is 17.1. The van der Waals surface area contributed by atoms with E-state index >= 15 is 0 Å². The highest BCUT2D eigenvalue weighted by molar-refractivity contribution is 5.98. The minimum atomic E-state index is -1.19. The molecule has 0 fully saturated rings. The third kappa shape index (κ3) is 5.28. The van der Waals surface area contributed by atoms with Crippen molar-refractivity contribution in [2.45, 2.75) is 19.8 Å². The van der Waals surface area contributed by atoms with Crippen LogP contribution in [-0.4, -0.2) is 30.1 Å². The Morgan fingerprint density at radius 3 is 2.11 bits per heavy atom. The monoisotopic (exact) mass is 465 g/mol. The van der Waals surface area contributed by atoms with Gasteiger partial charge in [-0.3, -0.25) is 9.59 Å². The normalized spacial score (nSPS) is 11.5. The van der Waals surface area contributed by atoms with Gasteiger partial charge in [0.1, 0.15) is 0 Å². The number of benzene rings is 3. The third-order valence-corrected chi connectivity index (χ3v) is 5.78. The van der Waals surface area contributed by atoms with Crippen LogP contribution >= 0.6 is 0 Å². The van der Waals surface area contributed by atoms with Crippen LogP contribution in [0.5, 0.6) is 0 Å². The van der Waals surface area contributed by atoms with Crippen LogP contribution in [0, 0.1) is 17.8 Å². The van der Waals surface area contributed by atoms with Crippen LogP contribution in [0.2, 0.25) is 0 Å².